The molecule has 2 saturated heterocycles. The monoisotopic (exact) mass is 506 g/mol. The zero-order chi connectivity index (χ0) is 23.9. The molecule has 2 bridgehead atoms. The molecule has 0 aliphatic carbocycles. The molecule has 2 aliphatic heterocycles. The van der Waals surface area contributed by atoms with Gasteiger partial charge in [0.1, 0.15) is 0 Å². The molecule has 2 atom stereocenters. The van der Waals surface area contributed by atoms with Crippen LogP contribution in [0, 0.1) is 0 Å². The van der Waals surface area contributed by atoms with E-state index >= 15 is 0 Å². The topological polar surface area (TPSA) is 65.8 Å². The molecule has 9 heteroatoms. The molecule has 2 aliphatic rings. The van der Waals surface area contributed by atoms with E-state index in [1.165, 1.54) is 0 Å². The number of nitrogens with zero attached hydrogens (tertiary/aromatic N) is 5. The van der Waals surface area contributed by atoms with Crippen LogP contribution in [0.25, 0.3) is 17.0 Å². The van der Waals surface area contributed by atoms with Gasteiger partial charge in [0.2, 0.25) is 5.78 Å². The normalized spacial score (nSPS) is 19.9. The number of carbonyl (C=O) groups is 1. The van der Waals surface area contributed by atoms with E-state index < -0.39 is 0 Å². The first-order chi connectivity index (χ1) is 17.0. The van der Waals surface area contributed by atoms with Crippen molar-refractivity contribution in [1.82, 2.24) is 24.2 Å². The molecule has 7 nitrogen and oxygen atoms in total. The summed E-state index contributed by atoms with van der Waals surface area (Å²) in [5.41, 5.74) is 3.73. The van der Waals surface area contributed by atoms with Crippen molar-refractivity contribution < 1.29 is 4.79 Å². The highest BCUT2D eigenvalue weighted by Gasteiger charge is 2.42. The molecule has 0 spiro atoms. The van der Waals surface area contributed by atoms with Gasteiger partial charge in [-0.2, -0.15) is 0 Å². The summed E-state index contributed by atoms with van der Waals surface area (Å²) in [5.74, 6) is 0.676. The quantitative estimate of drug-likeness (QED) is 0.392. The maximum absolute atomic E-state index is 13.1. The molecule has 0 saturated carbocycles. The number of rotatable bonds is 4. The molecule has 2 aromatic carbocycles. The van der Waals surface area contributed by atoms with Crippen LogP contribution in [-0.2, 0) is 6.54 Å². The number of anilines is 1. The molecule has 6 rings (SSSR count). The van der Waals surface area contributed by atoms with Gasteiger partial charge in [0.25, 0.3) is 0 Å². The third-order valence-electron chi connectivity index (χ3n) is 6.86. The third kappa shape index (κ3) is 4.35. The van der Waals surface area contributed by atoms with Crippen LogP contribution in [0.4, 0.5) is 10.5 Å². The average Bonchev–Trinajstić information content (AvgIpc) is 3.34. The van der Waals surface area contributed by atoms with Crippen molar-refractivity contribution in [3.8, 4) is 11.3 Å². The fraction of sp³-hybridized carbons (Fsp3) is 0.269. The van der Waals surface area contributed by atoms with Gasteiger partial charge in [-0.15, -0.1) is 0 Å². The number of aromatic nitrogens is 3. The predicted octanol–water partition coefficient (Wildman–Crippen LogP) is 5.58. The van der Waals surface area contributed by atoms with Gasteiger partial charge in [0.05, 0.1) is 11.4 Å². The summed E-state index contributed by atoms with van der Waals surface area (Å²) in [6, 6.07) is 17.2. The van der Waals surface area contributed by atoms with E-state index in [1.54, 1.807) is 18.3 Å². The lowest BCUT2D eigenvalue weighted by atomic mass is 10.1. The molecule has 178 valence electrons. The molecule has 2 amide bonds. The van der Waals surface area contributed by atoms with Gasteiger partial charge in [-0.3, -0.25) is 9.30 Å². The minimum atomic E-state index is -0.0553. The molecular formula is C26H24Cl2N6O. The molecule has 1 N–H and O–H groups in total. The minimum absolute atomic E-state index is 0.0553. The van der Waals surface area contributed by atoms with Crippen molar-refractivity contribution in [3.63, 3.8) is 0 Å². The Labute approximate surface area is 213 Å². The van der Waals surface area contributed by atoms with Crippen molar-refractivity contribution in [2.24, 2.45) is 0 Å². The number of fused-ring (bicyclic) bond motifs is 3. The highest BCUT2D eigenvalue weighted by atomic mass is 35.5. The average molecular weight is 507 g/mol. The highest BCUT2D eigenvalue weighted by molar-refractivity contribution is 6.31. The molecule has 4 aromatic rings. The van der Waals surface area contributed by atoms with E-state index in [-0.39, 0.29) is 18.1 Å². The van der Waals surface area contributed by atoms with E-state index in [0.717, 1.165) is 55.1 Å². The maximum atomic E-state index is 13.1. The lowest BCUT2D eigenvalue weighted by Gasteiger charge is -2.41. The van der Waals surface area contributed by atoms with Crippen molar-refractivity contribution in [2.75, 3.05) is 18.4 Å². The van der Waals surface area contributed by atoms with E-state index in [4.69, 9.17) is 28.2 Å². The number of halogens is 2. The first-order valence-corrected chi connectivity index (χ1v) is 12.5. The molecule has 2 unspecified atom stereocenters. The van der Waals surface area contributed by atoms with Crippen molar-refractivity contribution >= 4 is 40.7 Å². The SMILES string of the molecule is O=C(Nc1cccc(Cl)c1)N1C2CCC1CN(Cc1c(-c3ccc(Cl)cc3)nc3ncccn13)C2. The Hall–Kier alpha value is -3.13. The molecule has 2 fully saturated rings. The predicted molar refractivity (Wildman–Crippen MR) is 138 cm³/mol. The standard InChI is InChI=1S/C26H24Cl2N6O/c27-18-7-5-17(6-8-18)24-23(33-12-2-11-29-25(33)31-24)16-32-14-21-9-10-22(15-32)34(21)26(35)30-20-4-1-3-19(28)13-20/h1-8,11-13,21-22H,9-10,14-16H2,(H,30,35). The number of carbonyl (C=O) groups excluding carboxylic acids is 1. The number of hydrogen-bond acceptors (Lipinski definition) is 4. The number of amides is 2. The fourth-order valence-electron chi connectivity index (χ4n) is 5.34. The molecule has 0 radical (unpaired) electrons. The van der Waals surface area contributed by atoms with Crippen LogP contribution >= 0.6 is 23.2 Å². The van der Waals surface area contributed by atoms with Gasteiger partial charge >= 0.3 is 6.03 Å². The van der Waals surface area contributed by atoms with Crippen molar-refractivity contribution in [3.05, 3.63) is 82.7 Å². The molecular weight excluding hydrogens is 483 g/mol. The van der Waals surface area contributed by atoms with E-state index in [0.29, 0.717) is 15.8 Å². The highest BCUT2D eigenvalue weighted by Crippen LogP contribution is 2.33. The number of imidazole rings is 1. The number of nitrogens with one attached hydrogen (secondary N) is 1. The summed E-state index contributed by atoms with van der Waals surface area (Å²) in [6.07, 6.45) is 5.77. The lowest BCUT2D eigenvalue weighted by Crippen LogP contribution is -2.56. The third-order valence-corrected chi connectivity index (χ3v) is 7.35. The van der Waals surface area contributed by atoms with Gasteiger partial charge in [-0.05, 0) is 49.2 Å². The van der Waals surface area contributed by atoms with Crippen LogP contribution in [0.2, 0.25) is 10.0 Å². The Morgan fingerprint density at radius 3 is 2.51 bits per heavy atom. The van der Waals surface area contributed by atoms with Gasteiger partial charge in [-0.1, -0.05) is 41.4 Å². The zero-order valence-electron chi connectivity index (χ0n) is 18.9. The Bertz CT molecular complexity index is 1370. The second kappa shape index (κ2) is 9.15. The summed E-state index contributed by atoms with van der Waals surface area (Å²) in [6.45, 7) is 2.35. The number of urea groups is 1. The van der Waals surface area contributed by atoms with Crippen molar-refractivity contribution in [1.29, 1.82) is 0 Å². The van der Waals surface area contributed by atoms with Crippen LogP contribution in [0.5, 0.6) is 0 Å². The first kappa shape index (κ1) is 22.3. The summed E-state index contributed by atoms with van der Waals surface area (Å²) < 4.78 is 2.06. The van der Waals surface area contributed by atoms with Crippen LogP contribution in [-0.4, -0.2) is 55.4 Å². The minimum Gasteiger partial charge on any atom is -0.316 e. The number of benzene rings is 2. The number of hydrogen-bond donors (Lipinski definition) is 1. The summed E-state index contributed by atoms with van der Waals surface area (Å²) in [5, 5.41) is 4.33. The molecule has 35 heavy (non-hydrogen) atoms. The first-order valence-electron chi connectivity index (χ1n) is 11.7. The largest absolute Gasteiger partial charge is 0.322 e. The second-order valence-corrected chi connectivity index (χ2v) is 10.0. The zero-order valence-corrected chi connectivity index (χ0v) is 20.5. The van der Waals surface area contributed by atoms with E-state index in [9.17, 15) is 4.79 Å². The van der Waals surface area contributed by atoms with Crippen LogP contribution < -0.4 is 5.32 Å². The Morgan fingerprint density at radius 1 is 1.00 bits per heavy atom. The van der Waals surface area contributed by atoms with Crippen LogP contribution in [0.15, 0.2) is 67.0 Å². The Balaban J connectivity index is 1.23. The van der Waals surface area contributed by atoms with Crippen LogP contribution in [0.1, 0.15) is 18.5 Å². The Kier molecular flexibility index (Phi) is 5.84. The molecule has 2 aromatic heterocycles. The number of piperazine rings is 1. The lowest BCUT2D eigenvalue weighted by molar-refractivity contribution is 0.0894. The molecule has 4 heterocycles. The van der Waals surface area contributed by atoms with Gasteiger partial charge in [0, 0.05) is 65.4 Å². The van der Waals surface area contributed by atoms with Crippen LogP contribution in [0.3, 0.4) is 0 Å². The smallest absolute Gasteiger partial charge is 0.316 e. The van der Waals surface area contributed by atoms with Gasteiger partial charge in [-0.25, -0.2) is 14.8 Å². The van der Waals surface area contributed by atoms with Gasteiger partial charge in [0.15, 0.2) is 0 Å². The second-order valence-electron chi connectivity index (χ2n) is 9.13. The summed E-state index contributed by atoms with van der Waals surface area (Å²) in [4.78, 5) is 26.9. The van der Waals surface area contributed by atoms with Crippen molar-refractivity contribution in [2.45, 2.75) is 31.5 Å². The summed E-state index contributed by atoms with van der Waals surface area (Å²) in [7, 11) is 0. The Morgan fingerprint density at radius 2 is 1.77 bits per heavy atom. The fourth-order valence-corrected chi connectivity index (χ4v) is 5.66. The van der Waals surface area contributed by atoms with Gasteiger partial charge < -0.3 is 10.2 Å². The summed E-state index contributed by atoms with van der Waals surface area (Å²) >= 11 is 12.2. The van der Waals surface area contributed by atoms with E-state index in [2.05, 4.69) is 19.6 Å². The number of likely N-dealkylation sites (tertiary alicyclic amines) is 1. The van der Waals surface area contributed by atoms with E-state index in [1.807, 2.05) is 53.6 Å². The maximum Gasteiger partial charge on any atom is 0.322 e.